The number of rotatable bonds is 6. The minimum atomic E-state index is -0.472. The van der Waals surface area contributed by atoms with Crippen LogP contribution in [0.25, 0.3) is 11.2 Å². The van der Waals surface area contributed by atoms with Gasteiger partial charge in [0.1, 0.15) is 18.1 Å². The third-order valence-electron chi connectivity index (χ3n) is 5.77. The van der Waals surface area contributed by atoms with Gasteiger partial charge in [-0.2, -0.15) is 0 Å². The molecule has 0 spiro atoms. The Bertz CT molecular complexity index is 1230. The predicted molar refractivity (Wildman–Crippen MR) is 111 cm³/mol. The van der Waals surface area contributed by atoms with E-state index in [0.29, 0.717) is 31.4 Å². The SMILES string of the molecule is Cn1c(=O)c2c(ncn2CC(=O)N2CCC(CCOc3ccc(F)cc3)C2)n(C)c1=O. The highest BCUT2D eigenvalue weighted by Gasteiger charge is 2.27. The Hall–Kier alpha value is -3.43. The molecule has 2 aromatic heterocycles. The van der Waals surface area contributed by atoms with Gasteiger partial charge in [-0.05, 0) is 43.0 Å². The minimum Gasteiger partial charge on any atom is -0.494 e. The first-order valence-corrected chi connectivity index (χ1v) is 10.1. The Labute approximate surface area is 177 Å². The number of imidazole rings is 1. The number of likely N-dealkylation sites (tertiary alicyclic amines) is 1. The second-order valence-corrected chi connectivity index (χ2v) is 7.84. The maximum atomic E-state index is 12.9. The number of carbonyl (C=O) groups is 1. The summed E-state index contributed by atoms with van der Waals surface area (Å²) in [5.74, 6) is 0.535. The van der Waals surface area contributed by atoms with Crippen LogP contribution in [-0.2, 0) is 25.4 Å². The molecule has 164 valence electrons. The van der Waals surface area contributed by atoms with Crippen molar-refractivity contribution in [2.45, 2.75) is 19.4 Å². The van der Waals surface area contributed by atoms with Crippen LogP contribution in [0.1, 0.15) is 12.8 Å². The van der Waals surface area contributed by atoms with E-state index in [4.69, 9.17) is 4.74 Å². The quantitative estimate of drug-likeness (QED) is 0.581. The third kappa shape index (κ3) is 4.10. The largest absolute Gasteiger partial charge is 0.494 e. The molecule has 1 aliphatic heterocycles. The van der Waals surface area contributed by atoms with Crippen molar-refractivity contribution in [2.75, 3.05) is 19.7 Å². The number of amides is 1. The summed E-state index contributed by atoms with van der Waals surface area (Å²) in [7, 11) is 2.95. The fourth-order valence-electron chi connectivity index (χ4n) is 3.93. The fraction of sp³-hybridized carbons (Fsp3) is 0.429. The molecule has 0 N–H and O–H groups in total. The molecule has 1 aromatic carbocycles. The first kappa shape index (κ1) is 20.8. The maximum Gasteiger partial charge on any atom is 0.332 e. The monoisotopic (exact) mass is 429 g/mol. The van der Waals surface area contributed by atoms with E-state index in [1.54, 1.807) is 24.1 Å². The Kier molecular flexibility index (Phi) is 5.62. The van der Waals surface area contributed by atoms with Crippen LogP contribution < -0.4 is 16.0 Å². The molecule has 3 heterocycles. The Balaban J connectivity index is 1.36. The van der Waals surface area contributed by atoms with E-state index in [1.807, 2.05) is 0 Å². The molecule has 3 aromatic rings. The summed E-state index contributed by atoms with van der Waals surface area (Å²) in [6.07, 6.45) is 3.09. The lowest BCUT2D eigenvalue weighted by molar-refractivity contribution is -0.130. The van der Waals surface area contributed by atoms with Crippen LogP contribution in [0.4, 0.5) is 4.39 Å². The van der Waals surface area contributed by atoms with Gasteiger partial charge in [0.05, 0.1) is 12.9 Å². The van der Waals surface area contributed by atoms with Gasteiger partial charge in [0.25, 0.3) is 5.56 Å². The molecule has 0 radical (unpaired) electrons. The molecule has 1 saturated heterocycles. The second-order valence-electron chi connectivity index (χ2n) is 7.84. The van der Waals surface area contributed by atoms with E-state index in [9.17, 15) is 18.8 Å². The molecule has 9 nitrogen and oxygen atoms in total. The zero-order valence-corrected chi connectivity index (χ0v) is 17.5. The average Bonchev–Trinajstić information content (AvgIpc) is 3.40. The number of nitrogens with zero attached hydrogens (tertiary/aromatic N) is 5. The minimum absolute atomic E-state index is 0.0112. The Morgan fingerprint density at radius 2 is 1.94 bits per heavy atom. The summed E-state index contributed by atoms with van der Waals surface area (Å²) in [4.78, 5) is 43.3. The number of fused-ring (bicyclic) bond motifs is 1. The van der Waals surface area contributed by atoms with E-state index >= 15 is 0 Å². The third-order valence-corrected chi connectivity index (χ3v) is 5.77. The molecular weight excluding hydrogens is 405 g/mol. The van der Waals surface area contributed by atoms with Gasteiger partial charge in [-0.25, -0.2) is 14.2 Å². The van der Waals surface area contributed by atoms with E-state index in [0.717, 1.165) is 17.4 Å². The first-order chi connectivity index (χ1) is 14.8. The van der Waals surface area contributed by atoms with Crippen LogP contribution in [0.3, 0.4) is 0 Å². The summed E-state index contributed by atoms with van der Waals surface area (Å²) in [5, 5.41) is 0. The van der Waals surface area contributed by atoms with Crippen molar-refractivity contribution in [3.63, 3.8) is 0 Å². The van der Waals surface area contributed by atoms with Gasteiger partial charge < -0.3 is 14.2 Å². The molecule has 4 rings (SSSR count). The highest BCUT2D eigenvalue weighted by atomic mass is 19.1. The van der Waals surface area contributed by atoms with Gasteiger partial charge in [0.15, 0.2) is 11.2 Å². The topological polar surface area (TPSA) is 91.4 Å². The number of aromatic nitrogens is 4. The molecule has 1 unspecified atom stereocenters. The number of aryl methyl sites for hydroxylation is 1. The molecular formula is C21H24FN5O4. The summed E-state index contributed by atoms with van der Waals surface area (Å²) >= 11 is 0. The first-order valence-electron chi connectivity index (χ1n) is 10.1. The van der Waals surface area contributed by atoms with Crippen LogP contribution in [-0.4, -0.2) is 49.2 Å². The maximum absolute atomic E-state index is 12.9. The highest BCUT2D eigenvalue weighted by Crippen LogP contribution is 2.21. The van der Waals surface area contributed by atoms with Gasteiger partial charge in [-0.3, -0.25) is 18.7 Å². The van der Waals surface area contributed by atoms with Gasteiger partial charge in [-0.1, -0.05) is 0 Å². The fourth-order valence-corrected chi connectivity index (χ4v) is 3.93. The van der Waals surface area contributed by atoms with Gasteiger partial charge >= 0.3 is 5.69 Å². The van der Waals surface area contributed by atoms with Crippen molar-refractivity contribution >= 4 is 17.1 Å². The molecule has 0 aliphatic carbocycles. The Morgan fingerprint density at radius 3 is 2.68 bits per heavy atom. The lowest BCUT2D eigenvalue weighted by Crippen LogP contribution is -2.38. The zero-order valence-electron chi connectivity index (χ0n) is 17.5. The molecule has 10 heteroatoms. The van der Waals surface area contributed by atoms with E-state index in [1.165, 1.54) is 34.6 Å². The van der Waals surface area contributed by atoms with Crippen LogP contribution in [0.5, 0.6) is 5.75 Å². The molecule has 1 fully saturated rings. The van der Waals surface area contributed by atoms with Gasteiger partial charge in [0, 0.05) is 27.2 Å². The predicted octanol–water partition coefficient (Wildman–Crippen LogP) is 0.890. The van der Waals surface area contributed by atoms with Crippen molar-refractivity contribution in [3.8, 4) is 5.75 Å². The number of hydrogen-bond donors (Lipinski definition) is 0. The van der Waals surface area contributed by atoms with Gasteiger partial charge in [-0.15, -0.1) is 0 Å². The summed E-state index contributed by atoms with van der Waals surface area (Å²) in [6, 6.07) is 5.90. The van der Waals surface area contributed by atoms with Crippen molar-refractivity contribution in [1.82, 2.24) is 23.6 Å². The van der Waals surface area contributed by atoms with Crippen molar-refractivity contribution in [1.29, 1.82) is 0 Å². The van der Waals surface area contributed by atoms with E-state index < -0.39 is 11.2 Å². The number of carbonyl (C=O) groups excluding carboxylic acids is 1. The summed E-state index contributed by atoms with van der Waals surface area (Å²) in [6.45, 7) is 1.75. The second kappa shape index (κ2) is 8.37. The average molecular weight is 429 g/mol. The number of hydrogen-bond acceptors (Lipinski definition) is 5. The standard InChI is InChI=1S/C21H24FN5O4/c1-24-19-18(20(29)25(2)21(24)30)27(13-23-19)12-17(28)26-9-7-14(11-26)8-10-31-16-5-3-15(22)4-6-16/h3-6,13-14H,7-12H2,1-2H3. The molecule has 0 saturated carbocycles. The number of benzene rings is 1. The van der Waals surface area contributed by atoms with Crippen molar-refractivity contribution in [2.24, 2.45) is 20.0 Å². The summed E-state index contributed by atoms with van der Waals surface area (Å²) in [5.41, 5.74) is -0.431. The Morgan fingerprint density at radius 1 is 1.19 bits per heavy atom. The molecule has 1 amide bonds. The van der Waals surface area contributed by atoms with Crippen LogP contribution in [0, 0.1) is 11.7 Å². The normalized spacial score (nSPS) is 16.2. The number of halogens is 1. The van der Waals surface area contributed by atoms with Crippen molar-refractivity contribution < 1.29 is 13.9 Å². The lowest BCUT2D eigenvalue weighted by Gasteiger charge is -2.17. The van der Waals surface area contributed by atoms with Crippen LogP contribution in [0.15, 0.2) is 40.2 Å². The smallest absolute Gasteiger partial charge is 0.332 e. The molecule has 31 heavy (non-hydrogen) atoms. The molecule has 1 atom stereocenters. The van der Waals surface area contributed by atoms with Gasteiger partial charge in [0.2, 0.25) is 5.91 Å². The summed E-state index contributed by atoms with van der Waals surface area (Å²) < 4.78 is 22.4. The lowest BCUT2D eigenvalue weighted by atomic mass is 10.1. The van der Waals surface area contributed by atoms with E-state index in [-0.39, 0.29) is 29.4 Å². The highest BCUT2D eigenvalue weighted by molar-refractivity contribution is 5.79. The van der Waals surface area contributed by atoms with Crippen LogP contribution >= 0.6 is 0 Å². The van der Waals surface area contributed by atoms with Crippen molar-refractivity contribution in [3.05, 3.63) is 57.2 Å². The zero-order chi connectivity index (χ0) is 22.1. The molecule has 1 aliphatic rings. The number of ether oxygens (including phenoxy) is 1. The van der Waals surface area contributed by atoms with Crippen LogP contribution in [0.2, 0.25) is 0 Å². The van der Waals surface area contributed by atoms with E-state index in [2.05, 4.69) is 4.98 Å². The molecule has 0 bridgehead atoms.